The monoisotopic (exact) mass is 200 g/mol. The molecule has 1 atom stereocenters. The number of benzene rings is 1. The maximum atomic E-state index is 10.2. The molecule has 0 saturated heterocycles. The SMILES string of the molecule is Cc1cc(N=O)ccc1OS(=O)[O-]. The molecule has 0 saturated carbocycles. The van der Waals surface area contributed by atoms with Gasteiger partial charge in [-0.05, 0) is 35.9 Å². The molecule has 1 aromatic rings. The van der Waals surface area contributed by atoms with Crippen molar-refractivity contribution in [1.82, 2.24) is 0 Å². The molecule has 0 spiro atoms. The van der Waals surface area contributed by atoms with Crippen LogP contribution >= 0.6 is 0 Å². The molecule has 5 nitrogen and oxygen atoms in total. The van der Waals surface area contributed by atoms with Crippen molar-refractivity contribution in [2.75, 3.05) is 0 Å². The molecule has 0 N–H and O–H groups in total. The summed E-state index contributed by atoms with van der Waals surface area (Å²) in [6.07, 6.45) is 0. The van der Waals surface area contributed by atoms with E-state index in [2.05, 4.69) is 9.36 Å². The largest absolute Gasteiger partial charge is 0.740 e. The van der Waals surface area contributed by atoms with Crippen LogP contribution < -0.4 is 4.18 Å². The number of aryl methyl sites for hydroxylation is 1. The molecule has 0 aliphatic rings. The minimum absolute atomic E-state index is 0.195. The summed E-state index contributed by atoms with van der Waals surface area (Å²) in [4.78, 5) is 10.1. The Morgan fingerprint density at radius 2 is 2.23 bits per heavy atom. The van der Waals surface area contributed by atoms with Crippen LogP contribution in [0.5, 0.6) is 5.75 Å². The summed E-state index contributed by atoms with van der Waals surface area (Å²) in [5.74, 6) is 0.195. The highest BCUT2D eigenvalue weighted by molar-refractivity contribution is 7.74. The van der Waals surface area contributed by atoms with Crippen LogP contribution in [0.25, 0.3) is 0 Å². The first-order valence-corrected chi connectivity index (χ1v) is 4.35. The minimum Gasteiger partial charge on any atom is -0.740 e. The Bertz CT molecular complexity index is 352. The van der Waals surface area contributed by atoms with Crippen LogP contribution in [0, 0.1) is 11.8 Å². The lowest BCUT2D eigenvalue weighted by molar-refractivity contribution is 0.439. The molecule has 70 valence electrons. The molecule has 6 heteroatoms. The zero-order valence-electron chi connectivity index (χ0n) is 6.72. The van der Waals surface area contributed by atoms with Crippen molar-refractivity contribution in [3.63, 3.8) is 0 Å². The molecule has 0 aliphatic heterocycles. The van der Waals surface area contributed by atoms with E-state index in [4.69, 9.17) is 0 Å². The minimum atomic E-state index is -2.59. The summed E-state index contributed by atoms with van der Waals surface area (Å²) in [7, 11) is 0. The van der Waals surface area contributed by atoms with Gasteiger partial charge in [-0.25, -0.2) is 4.21 Å². The van der Waals surface area contributed by atoms with Gasteiger partial charge in [0.05, 0.1) is 0 Å². The van der Waals surface area contributed by atoms with Gasteiger partial charge in [0.2, 0.25) is 0 Å². The fraction of sp³-hybridized carbons (Fsp3) is 0.143. The van der Waals surface area contributed by atoms with Crippen LogP contribution in [0.2, 0.25) is 0 Å². The van der Waals surface area contributed by atoms with Gasteiger partial charge in [-0.1, -0.05) is 0 Å². The van der Waals surface area contributed by atoms with Crippen LogP contribution in [-0.2, 0) is 11.4 Å². The maximum Gasteiger partial charge on any atom is 0.142 e. The Morgan fingerprint density at radius 1 is 1.54 bits per heavy atom. The molecule has 0 aromatic heterocycles. The smallest absolute Gasteiger partial charge is 0.142 e. The number of nitrogens with zero attached hydrogens (tertiary/aromatic N) is 1. The van der Waals surface area contributed by atoms with Gasteiger partial charge in [-0.3, -0.25) is 0 Å². The van der Waals surface area contributed by atoms with Crippen molar-refractivity contribution < 1.29 is 12.9 Å². The molecule has 0 bridgehead atoms. The summed E-state index contributed by atoms with van der Waals surface area (Å²) >= 11 is -2.59. The van der Waals surface area contributed by atoms with Gasteiger partial charge in [0.15, 0.2) is 0 Å². The first-order valence-electron chi connectivity index (χ1n) is 3.35. The molecule has 1 unspecified atom stereocenters. The molecular formula is C7H6NO4S-. The summed E-state index contributed by atoms with van der Waals surface area (Å²) in [6.45, 7) is 1.62. The Morgan fingerprint density at radius 3 is 2.69 bits per heavy atom. The normalized spacial score (nSPS) is 12.2. The molecule has 0 amide bonds. The van der Waals surface area contributed by atoms with Crippen molar-refractivity contribution in [2.45, 2.75) is 6.92 Å². The highest BCUT2D eigenvalue weighted by atomic mass is 32.2. The maximum absolute atomic E-state index is 10.2. The van der Waals surface area contributed by atoms with Gasteiger partial charge in [0.25, 0.3) is 0 Å². The van der Waals surface area contributed by atoms with E-state index in [1.54, 1.807) is 6.92 Å². The van der Waals surface area contributed by atoms with E-state index in [9.17, 15) is 13.7 Å². The first kappa shape index (κ1) is 9.82. The Balaban J connectivity index is 2.98. The highest BCUT2D eigenvalue weighted by Gasteiger charge is 2.01. The van der Waals surface area contributed by atoms with Crippen LogP contribution in [0.15, 0.2) is 23.4 Å². The number of hydrogen-bond donors (Lipinski definition) is 0. The molecule has 0 aliphatic carbocycles. The molecule has 0 heterocycles. The van der Waals surface area contributed by atoms with E-state index in [1.807, 2.05) is 0 Å². The van der Waals surface area contributed by atoms with Gasteiger partial charge in [-0.15, -0.1) is 4.91 Å². The molecular weight excluding hydrogens is 194 g/mol. The quantitative estimate of drug-likeness (QED) is 0.547. The first-order chi connectivity index (χ1) is 6.13. The lowest BCUT2D eigenvalue weighted by Gasteiger charge is -2.09. The lowest BCUT2D eigenvalue weighted by atomic mass is 10.2. The zero-order valence-corrected chi connectivity index (χ0v) is 7.54. The number of nitroso groups, excluding NO2 is 1. The van der Waals surface area contributed by atoms with Crippen molar-refractivity contribution in [3.8, 4) is 5.75 Å². The predicted octanol–water partition coefficient (Wildman–Crippen LogP) is 1.57. The zero-order chi connectivity index (χ0) is 9.84. The standard InChI is InChI=1S/C7H7NO4S/c1-5-4-6(8-9)2-3-7(5)12-13(10)11/h2-4H,1H3,(H,10,11)/p-1. The lowest BCUT2D eigenvalue weighted by Crippen LogP contribution is -1.98. The van der Waals surface area contributed by atoms with Crippen LogP contribution in [-0.4, -0.2) is 8.76 Å². The summed E-state index contributed by atoms with van der Waals surface area (Å²) in [6, 6.07) is 4.19. The second-order valence-corrected chi connectivity index (χ2v) is 2.90. The van der Waals surface area contributed by atoms with E-state index in [0.29, 0.717) is 5.56 Å². The Kier molecular flexibility index (Phi) is 3.10. The molecule has 13 heavy (non-hydrogen) atoms. The summed E-state index contributed by atoms with van der Waals surface area (Å²) in [5, 5.41) is 2.69. The van der Waals surface area contributed by atoms with Crippen LogP contribution in [0.3, 0.4) is 0 Å². The van der Waals surface area contributed by atoms with E-state index < -0.39 is 11.4 Å². The van der Waals surface area contributed by atoms with E-state index in [0.717, 1.165) is 0 Å². The second kappa shape index (κ2) is 4.11. The van der Waals surface area contributed by atoms with Crippen molar-refractivity contribution in [1.29, 1.82) is 0 Å². The average Bonchev–Trinajstić information content (AvgIpc) is 2.08. The third-order valence-corrected chi connectivity index (χ3v) is 1.74. The summed E-state index contributed by atoms with van der Waals surface area (Å²) in [5.41, 5.74) is 0.780. The topological polar surface area (TPSA) is 78.8 Å². The van der Waals surface area contributed by atoms with E-state index >= 15 is 0 Å². The third-order valence-electron chi connectivity index (χ3n) is 1.42. The van der Waals surface area contributed by atoms with Crippen molar-refractivity contribution in [3.05, 3.63) is 28.7 Å². The van der Waals surface area contributed by atoms with Gasteiger partial charge >= 0.3 is 0 Å². The van der Waals surface area contributed by atoms with Crippen molar-refractivity contribution >= 4 is 17.0 Å². The van der Waals surface area contributed by atoms with Gasteiger partial charge < -0.3 is 8.74 Å². The predicted molar refractivity (Wildman–Crippen MR) is 46.2 cm³/mol. The Labute approximate surface area is 77.2 Å². The number of hydrogen-bond acceptors (Lipinski definition) is 5. The fourth-order valence-corrected chi connectivity index (χ4v) is 1.19. The van der Waals surface area contributed by atoms with E-state index in [-0.39, 0.29) is 11.4 Å². The molecule has 0 radical (unpaired) electrons. The molecule has 0 fully saturated rings. The highest BCUT2D eigenvalue weighted by Crippen LogP contribution is 2.23. The average molecular weight is 200 g/mol. The Hall–Kier alpha value is -1.27. The van der Waals surface area contributed by atoms with Gasteiger partial charge in [0.1, 0.15) is 22.8 Å². The second-order valence-electron chi connectivity index (χ2n) is 2.33. The summed E-state index contributed by atoms with van der Waals surface area (Å²) < 4.78 is 24.8. The van der Waals surface area contributed by atoms with Gasteiger partial charge in [-0.2, -0.15) is 0 Å². The van der Waals surface area contributed by atoms with Gasteiger partial charge in [0, 0.05) is 0 Å². The fourth-order valence-electron chi connectivity index (χ4n) is 0.857. The van der Waals surface area contributed by atoms with E-state index in [1.165, 1.54) is 18.2 Å². The molecule has 1 rings (SSSR count). The third kappa shape index (κ3) is 2.60. The number of rotatable bonds is 3. The van der Waals surface area contributed by atoms with Crippen LogP contribution in [0.4, 0.5) is 5.69 Å². The molecule has 1 aromatic carbocycles. The van der Waals surface area contributed by atoms with Crippen LogP contribution in [0.1, 0.15) is 5.56 Å². The van der Waals surface area contributed by atoms with Crippen molar-refractivity contribution in [2.24, 2.45) is 5.18 Å².